The number of hydrogen-bond acceptors (Lipinski definition) is 6. The Morgan fingerprint density at radius 2 is 1.90 bits per heavy atom. The number of anilines is 1. The van der Waals surface area contributed by atoms with Crippen molar-refractivity contribution in [2.75, 3.05) is 32.5 Å². The number of aromatic nitrogens is 2. The molecule has 2 N–H and O–H groups in total. The molecule has 0 radical (unpaired) electrons. The van der Waals surface area contributed by atoms with Crippen molar-refractivity contribution >= 4 is 17.6 Å². The van der Waals surface area contributed by atoms with E-state index < -0.39 is 0 Å². The van der Waals surface area contributed by atoms with Gasteiger partial charge in [-0.15, -0.1) is 0 Å². The molecule has 1 saturated heterocycles. The number of nitrogens with one attached hydrogen (secondary N) is 2. The van der Waals surface area contributed by atoms with Crippen molar-refractivity contribution in [2.45, 2.75) is 82.8 Å². The fraction of sp³-hybridized carbons (Fsp3) is 0.739. The van der Waals surface area contributed by atoms with E-state index in [0.717, 1.165) is 74.4 Å². The quantitative estimate of drug-likeness (QED) is 0.748. The third kappa shape index (κ3) is 4.68. The highest BCUT2D eigenvalue weighted by Gasteiger charge is 2.37. The molecule has 0 bridgehead atoms. The number of fused-ring (bicyclic) bond motifs is 1. The Kier molecular flexibility index (Phi) is 6.46. The summed E-state index contributed by atoms with van der Waals surface area (Å²) in [6.45, 7) is 3.80. The number of hydrogen-bond donors (Lipinski definition) is 2. The number of likely N-dealkylation sites (tertiary alicyclic amines) is 1. The van der Waals surface area contributed by atoms with E-state index in [-0.39, 0.29) is 23.4 Å². The lowest BCUT2D eigenvalue weighted by Gasteiger charge is -2.39. The first-order chi connectivity index (χ1) is 14.9. The lowest BCUT2D eigenvalue weighted by atomic mass is 9.78. The van der Waals surface area contributed by atoms with Gasteiger partial charge < -0.3 is 15.5 Å². The van der Waals surface area contributed by atoms with Gasteiger partial charge in [-0.25, -0.2) is 9.97 Å². The van der Waals surface area contributed by atoms with Crippen molar-refractivity contribution in [3.8, 4) is 0 Å². The molecule has 2 aliphatic heterocycles. The summed E-state index contributed by atoms with van der Waals surface area (Å²) in [6.07, 6.45) is 8.43. The smallest absolute Gasteiger partial charge is 0.225 e. The Labute approximate surface area is 185 Å². The summed E-state index contributed by atoms with van der Waals surface area (Å²) in [7, 11) is 4.03. The molecule has 8 nitrogen and oxygen atoms in total. The number of carbonyl (C=O) groups excluding carboxylic acids is 2. The van der Waals surface area contributed by atoms with Crippen LogP contribution in [0.5, 0.6) is 0 Å². The molecular weight excluding hydrogens is 392 g/mol. The second-order valence-corrected chi connectivity index (χ2v) is 9.51. The average molecular weight is 429 g/mol. The van der Waals surface area contributed by atoms with Crippen LogP contribution in [0.3, 0.4) is 0 Å². The largest absolute Gasteiger partial charge is 0.373 e. The predicted molar refractivity (Wildman–Crippen MR) is 120 cm³/mol. The first kappa shape index (κ1) is 22.0. The van der Waals surface area contributed by atoms with Crippen molar-refractivity contribution < 1.29 is 9.59 Å². The molecule has 0 aromatic carbocycles. The van der Waals surface area contributed by atoms with Crippen LogP contribution in [0.2, 0.25) is 0 Å². The second kappa shape index (κ2) is 9.10. The number of carbonyl (C=O) groups is 2. The van der Waals surface area contributed by atoms with Crippen molar-refractivity contribution in [2.24, 2.45) is 0 Å². The minimum Gasteiger partial charge on any atom is -0.373 e. The van der Waals surface area contributed by atoms with E-state index in [4.69, 9.17) is 9.97 Å². The van der Waals surface area contributed by atoms with E-state index in [1.165, 1.54) is 6.42 Å². The first-order valence-corrected chi connectivity index (χ1v) is 11.7. The maximum absolute atomic E-state index is 13.3. The molecule has 2 fully saturated rings. The Morgan fingerprint density at radius 3 is 2.55 bits per heavy atom. The average Bonchev–Trinajstić information content (AvgIpc) is 3.18. The summed E-state index contributed by atoms with van der Waals surface area (Å²) in [5.41, 5.74) is 1.71. The van der Waals surface area contributed by atoms with Gasteiger partial charge in [-0.2, -0.15) is 0 Å². The molecule has 0 unspecified atom stereocenters. The maximum Gasteiger partial charge on any atom is 0.225 e. The van der Waals surface area contributed by atoms with E-state index in [1.54, 1.807) is 6.92 Å². The van der Waals surface area contributed by atoms with Gasteiger partial charge in [0.1, 0.15) is 11.6 Å². The second-order valence-electron chi connectivity index (χ2n) is 9.51. The molecule has 2 amide bonds. The SMILES string of the molecule is CNc1nc([C@H]2CCCN2C)nc2c1CCN(C(=O)CC1(NC(C)=O)CCCCC1)C2. The van der Waals surface area contributed by atoms with E-state index >= 15 is 0 Å². The van der Waals surface area contributed by atoms with Gasteiger partial charge in [0, 0.05) is 38.0 Å². The molecule has 3 aliphatic rings. The molecule has 3 heterocycles. The maximum atomic E-state index is 13.3. The first-order valence-electron chi connectivity index (χ1n) is 11.7. The normalized spacial score (nSPS) is 23.3. The molecule has 1 aromatic heterocycles. The van der Waals surface area contributed by atoms with Crippen molar-refractivity contribution in [1.82, 2.24) is 25.1 Å². The van der Waals surface area contributed by atoms with E-state index in [2.05, 4.69) is 22.6 Å². The summed E-state index contributed by atoms with van der Waals surface area (Å²) < 4.78 is 0. The van der Waals surface area contributed by atoms with Gasteiger partial charge in [0.15, 0.2) is 0 Å². The Morgan fingerprint density at radius 1 is 1.13 bits per heavy atom. The van der Waals surface area contributed by atoms with Crippen LogP contribution >= 0.6 is 0 Å². The molecule has 1 saturated carbocycles. The topological polar surface area (TPSA) is 90.5 Å². The Balaban J connectivity index is 1.53. The van der Waals surface area contributed by atoms with Crippen LogP contribution in [0.4, 0.5) is 5.82 Å². The highest BCUT2D eigenvalue weighted by molar-refractivity contribution is 5.80. The summed E-state index contributed by atoms with van der Waals surface area (Å²) in [4.78, 5) is 39.2. The molecular formula is C23H36N6O2. The summed E-state index contributed by atoms with van der Waals surface area (Å²) in [5, 5.41) is 6.38. The third-order valence-electron chi connectivity index (χ3n) is 7.23. The highest BCUT2D eigenvalue weighted by Crippen LogP contribution is 2.34. The van der Waals surface area contributed by atoms with Crippen LogP contribution in [0.1, 0.15) is 81.4 Å². The number of nitrogens with zero attached hydrogens (tertiary/aromatic N) is 4. The van der Waals surface area contributed by atoms with E-state index in [0.29, 0.717) is 19.5 Å². The monoisotopic (exact) mass is 428 g/mol. The standard InChI is InChI=1S/C23H36N6O2/c1-16(30)27-23(10-5-4-6-11-23)14-20(31)29-13-9-17-18(15-29)25-22(26-21(17)24-2)19-8-7-12-28(19)3/h19H,4-15H2,1-3H3,(H,27,30)(H,24,25,26)/t19-/m1/s1. The number of amides is 2. The third-order valence-corrected chi connectivity index (χ3v) is 7.23. The van der Waals surface area contributed by atoms with E-state index in [1.807, 2.05) is 11.9 Å². The zero-order valence-electron chi connectivity index (χ0n) is 19.2. The molecule has 1 atom stereocenters. The molecule has 8 heteroatoms. The van der Waals surface area contributed by atoms with Crippen LogP contribution in [0, 0.1) is 0 Å². The van der Waals surface area contributed by atoms with Crippen molar-refractivity contribution in [3.63, 3.8) is 0 Å². The fourth-order valence-corrected chi connectivity index (χ4v) is 5.60. The van der Waals surface area contributed by atoms with Crippen LogP contribution < -0.4 is 10.6 Å². The molecule has 1 aromatic rings. The molecule has 31 heavy (non-hydrogen) atoms. The van der Waals surface area contributed by atoms with Crippen LogP contribution in [-0.4, -0.2) is 64.3 Å². The molecule has 170 valence electrons. The van der Waals surface area contributed by atoms with Gasteiger partial charge in [-0.05, 0) is 45.7 Å². The predicted octanol–water partition coefficient (Wildman–Crippen LogP) is 2.40. The number of rotatable bonds is 5. The van der Waals surface area contributed by atoms with E-state index in [9.17, 15) is 9.59 Å². The Bertz CT molecular complexity index is 836. The van der Waals surface area contributed by atoms with Crippen LogP contribution in [-0.2, 0) is 22.6 Å². The van der Waals surface area contributed by atoms with Gasteiger partial charge in [0.25, 0.3) is 0 Å². The lowest BCUT2D eigenvalue weighted by Crippen LogP contribution is -2.52. The summed E-state index contributed by atoms with van der Waals surface area (Å²) in [5.74, 6) is 1.83. The van der Waals surface area contributed by atoms with Gasteiger partial charge in [0.05, 0.1) is 18.3 Å². The molecule has 4 rings (SSSR count). The zero-order valence-corrected chi connectivity index (χ0v) is 19.2. The lowest BCUT2D eigenvalue weighted by molar-refractivity contribution is -0.135. The van der Waals surface area contributed by atoms with Crippen LogP contribution in [0.25, 0.3) is 0 Å². The molecule has 0 spiro atoms. The van der Waals surface area contributed by atoms with Gasteiger partial charge >= 0.3 is 0 Å². The van der Waals surface area contributed by atoms with Gasteiger partial charge in [-0.3, -0.25) is 14.5 Å². The zero-order chi connectivity index (χ0) is 22.0. The minimum atomic E-state index is -0.388. The fourth-order valence-electron chi connectivity index (χ4n) is 5.60. The van der Waals surface area contributed by atoms with Crippen LogP contribution in [0.15, 0.2) is 0 Å². The minimum absolute atomic E-state index is 0.0459. The summed E-state index contributed by atoms with van der Waals surface area (Å²) in [6, 6.07) is 0.244. The Hall–Kier alpha value is -2.22. The molecule has 1 aliphatic carbocycles. The van der Waals surface area contributed by atoms with Crippen molar-refractivity contribution in [1.29, 1.82) is 0 Å². The summed E-state index contributed by atoms with van der Waals surface area (Å²) >= 11 is 0. The highest BCUT2D eigenvalue weighted by atomic mass is 16.2. The van der Waals surface area contributed by atoms with Gasteiger partial charge in [-0.1, -0.05) is 19.3 Å². The van der Waals surface area contributed by atoms with Gasteiger partial charge in [0.2, 0.25) is 11.8 Å². The van der Waals surface area contributed by atoms with Crippen molar-refractivity contribution in [3.05, 3.63) is 17.1 Å².